The summed E-state index contributed by atoms with van der Waals surface area (Å²) in [4.78, 5) is 12.0. The molecule has 0 spiro atoms. The van der Waals surface area contributed by atoms with Crippen molar-refractivity contribution in [2.45, 2.75) is 19.6 Å². The lowest BCUT2D eigenvalue weighted by Crippen LogP contribution is -2.35. The first kappa shape index (κ1) is 12.7. The van der Waals surface area contributed by atoms with Crippen LogP contribution in [0.1, 0.15) is 6.92 Å². The van der Waals surface area contributed by atoms with Crippen LogP contribution in [0.5, 0.6) is 0 Å². The van der Waals surface area contributed by atoms with Gasteiger partial charge in [0, 0.05) is 13.6 Å². The molecule has 2 aromatic heterocycles. The summed E-state index contributed by atoms with van der Waals surface area (Å²) >= 11 is 0. The molecule has 0 aromatic carbocycles. The zero-order valence-corrected chi connectivity index (χ0v) is 10.4. The third-order valence-electron chi connectivity index (χ3n) is 2.63. The van der Waals surface area contributed by atoms with Crippen molar-refractivity contribution in [3.8, 4) is 0 Å². The Labute approximate surface area is 103 Å². The molecule has 8 nitrogen and oxygen atoms in total. The minimum Gasteiger partial charge on any atom is -0.390 e. The van der Waals surface area contributed by atoms with Gasteiger partial charge in [0.1, 0.15) is 5.39 Å². The lowest BCUT2D eigenvalue weighted by atomic mass is 10.3. The Morgan fingerprint density at radius 2 is 2.33 bits per heavy atom. The number of aliphatic hydroxyl groups excluding tert-OH is 1. The number of aromatic nitrogens is 5. The molecule has 0 bridgehead atoms. The van der Waals surface area contributed by atoms with E-state index in [2.05, 4.69) is 20.7 Å². The zero-order valence-electron chi connectivity index (χ0n) is 10.4. The molecule has 1 unspecified atom stereocenters. The van der Waals surface area contributed by atoms with Gasteiger partial charge in [0.2, 0.25) is 0 Å². The molecule has 0 fully saturated rings. The monoisotopic (exact) mass is 252 g/mol. The molecule has 1 atom stereocenters. The van der Waals surface area contributed by atoms with E-state index in [0.717, 1.165) is 11.2 Å². The maximum absolute atomic E-state index is 12.0. The number of hydrogen-bond donors (Lipinski definition) is 2. The van der Waals surface area contributed by atoms with E-state index in [-0.39, 0.29) is 12.1 Å². The van der Waals surface area contributed by atoms with Gasteiger partial charge in [-0.15, -0.1) is 5.10 Å². The van der Waals surface area contributed by atoms with Gasteiger partial charge in [-0.05, 0) is 6.54 Å². The zero-order chi connectivity index (χ0) is 13.1. The highest BCUT2D eigenvalue weighted by Gasteiger charge is 2.12. The van der Waals surface area contributed by atoms with E-state index < -0.39 is 6.10 Å². The van der Waals surface area contributed by atoms with Crippen LogP contribution < -0.4 is 10.9 Å². The second-order valence-corrected chi connectivity index (χ2v) is 4.04. The van der Waals surface area contributed by atoms with Crippen LogP contribution in [-0.2, 0) is 13.6 Å². The highest BCUT2D eigenvalue weighted by Crippen LogP contribution is 2.01. The Morgan fingerprint density at radius 3 is 3.06 bits per heavy atom. The van der Waals surface area contributed by atoms with Crippen LogP contribution in [0, 0.1) is 0 Å². The Bertz CT molecular complexity index is 590. The average Bonchev–Trinajstić information content (AvgIpc) is 2.73. The average molecular weight is 252 g/mol. The SMILES string of the molecule is CCNCC(O)Cn1nnc2c(cnn2C)c1=O. The first-order valence-electron chi connectivity index (χ1n) is 5.77. The molecule has 0 aliphatic rings. The molecule has 2 rings (SSSR count). The van der Waals surface area contributed by atoms with E-state index >= 15 is 0 Å². The summed E-state index contributed by atoms with van der Waals surface area (Å²) in [6.07, 6.45) is 0.783. The third kappa shape index (κ3) is 2.39. The number of nitrogens with zero attached hydrogens (tertiary/aromatic N) is 5. The largest absolute Gasteiger partial charge is 0.390 e. The van der Waals surface area contributed by atoms with Crippen molar-refractivity contribution in [2.24, 2.45) is 7.05 Å². The van der Waals surface area contributed by atoms with Crippen LogP contribution in [0.3, 0.4) is 0 Å². The summed E-state index contributed by atoms with van der Waals surface area (Å²) in [5.41, 5.74) is 0.154. The molecule has 0 radical (unpaired) electrons. The van der Waals surface area contributed by atoms with Gasteiger partial charge in [-0.1, -0.05) is 12.1 Å². The number of aliphatic hydroxyl groups is 1. The van der Waals surface area contributed by atoms with Crippen molar-refractivity contribution < 1.29 is 5.11 Å². The third-order valence-corrected chi connectivity index (χ3v) is 2.63. The standard InChI is InChI=1S/C10H16N6O2/c1-3-11-4-7(17)6-16-10(18)8-5-12-15(2)9(8)13-14-16/h5,7,11,17H,3-4,6H2,1-2H3. The molecule has 0 amide bonds. The van der Waals surface area contributed by atoms with Gasteiger partial charge in [-0.3, -0.25) is 4.79 Å². The van der Waals surface area contributed by atoms with Gasteiger partial charge in [0.05, 0.1) is 18.8 Å². The molecular weight excluding hydrogens is 236 g/mol. The van der Waals surface area contributed by atoms with Crippen LogP contribution in [0.4, 0.5) is 0 Å². The Morgan fingerprint density at radius 1 is 1.56 bits per heavy atom. The summed E-state index contributed by atoms with van der Waals surface area (Å²) in [6, 6.07) is 0. The maximum Gasteiger partial charge on any atom is 0.280 e. The maximum atomic E-state index is 12.0. The van der Waals surface area contributed by atoms with Crippen LogP contribution in [0.2, 0.25) is 0 Å². The molecule has 8 heteroatoms. The fraction of sp³-hybridized carbons (Fsp3) is 0.600. The number of aryl methyl sites for hydroxylation is 1. The summed E-state index contributed by atoms with van der Waals surface area (Å²) in [6.45, 7) is 3.24. The molecule has 2 aromatic rings. The van der Waals surface area contributed by atoms with Crippen molar-refractivity contribution >= 4 is 11.0 Å². The molecule has 0 aliphatic heterocycles. The van der Waals surface area contributed by atoms with Gasteiger partial charge in [-0.2, -0.15) is 5.10 Å². The van der Waals surface area contributed by atoms with E-state index in [1.54, 1.807) is 7.05 Å². The van der Waals surface area contributed by atoms with Gasteiger partial charge < -0.3 is 10.4 Å². The van der Waals surface area contributed by atoms with Crippen LogP contribution >= 0.6 is 0 Å². The number of hydrogen-bond acceptors (Lipinski definition) is 6. The van der Waals surface area contributed by atoms with Gasteiger partial charge in [-0.25, -0.2) is 9.36 Å². The summed E-state index contributed by atoms with van der Waals surface area (Å²) in [7, 11) is 1.70. The summed E-state index contributed by atoms with van der Waals surface area (Å²) in [5, 5.41) is 24.8. The molecule has 0 saturated heterocycles. The lowest BCUT2D eigenvalue weighted by Gasteiger charge is -2.11. The highest BCUT2D eigenvalue weighted by molar-refractivity contribution is 5.72. The fourth-order valence-electron chi connectivity index (χ4n) is 1.67. The lowest BCUT2D eigenvalue weighted by molar-refractivity contribution is 0.144. The Balaban J connectivity index is 2.24. The van der Waals surface area contributed by atoms with Crippen LogP contribution in [-0.4, -0.2) is 49.1 Å². The summed E-state index contributed by atoms with van der Waals surface area (Å²) < 4.78 is 2.65. The van der Waals surface area contributed by atoms with E-state index in [9.17, 15) is 9.90 Å². The number of fused-ring (bicyclic) bond motifs is 1. The predicted octanol–water partition coefficient (Wildman–Crippen LogP) is -1.50. The molecule has 18 heavy (non-hydrogen) atoms. The highest BCUT2D eigenvalue weighted by atomic mass is 16.3. The molecular formula is C10H16N6O2. The second-order valence-electron chi connectivity index (χ2n) is 4.04. The van der Waals surface area contributed by atoms with Crippen LogP contribution in [0.15, 0.2) is 11.0 Å². The van der Waals surface area contributed by atoms with Crippen molar-refractivity contribution in [3.05, 3.63) is 16.6 Å². The molecule has 0 saturated carbocycles. The van der Waals surface area contributed by atoms with E-state index in [1.807, 2.05) is 6.92 Å². The minimum absolute atomic E-state index is 0.115. The Kier molecular flexibility index (Phi) is 3.68. The summed E-state index contributed by atoms with van der Waals surface area (Å²) in [5.74, 6) is 0. The number of likely N-dealkylation sites (N-methyl/N-ethyl adjacent to an activating group) is 1. The van der Waals surface area contributed by atoms with E-state index in [1.165, 1.54) is 10.9 Å². The quantitative estimate of drug-likeness (QED) is 0.672. The van der Waals surface area contributed by atoms with Crippen molar-refractivity contribution in [2.75, 3.05) is 13.1 Å². The van der Waals surface area contributed by atoms with E-state index in [4.69, 9.17) is 0 Å². The van der Waals surface area contributed by atoms with E-state index in [0.29, 0.717) is 17.6 Å². The second kappa shape index (κ2) is 5.23. The molecule has 0 aliphatic carbocycles. The Hall–Kier alpha value is -1.80. The molecule has 2 heterocycles. The minimum atomic E-state index is -0.675. The molecule has 98 valence electrons. The van der Waals surface area contributed by atoms with Gasteiger partial charge >= 0.3 is 0 Å². The fourth-order valence-corrected chi connectivity index (χ4v) is 1.67. The van der Waals surface area contributed by atoms with Gasteiger partial charge in [0.15, 0.2) is 5.65 Å². The number of rotatable bonds is 5. The van der Waals surface area contributed by atoms with Crippen molar-refractivity contribution in [3.63, 3.8) is 0 Å². The van der Waals surface area contributed by atoms with Crippen molar-refractivity contribution in [1.82, 2.24) is 30.1 Å². The topological polar surface area (TPSA) is 97.9 Å². The smallest absolute Gasteiger partial charge is 0.280 e. The normalized spacial score (nSPS) is 13.1. The number of nitrogens with one attached hydrogen (secondary N) is 1. The van der Waals surface area contributed by atoms with Crippen LogP contribution in [0.25, 0.3) is 11.0 Å². The first-order chi connectivity index (χ1) is 8.63. The predicted molar refractivity (Wildman–Crippen MR) is 65.1 cm³/mol. The van der Waals surface area contributed by atoms with Gasteiger partial charge in [0.25, 0.3) is 5.56 Å². The molecule has 2 N–H and O–H groups in total. The van der Waals surface area contributed by atoms with Crippen molar-refractivity contribution in [1.29, 1.82) is 0 Å². The first-order valence-corrected chi connectivity index (χ1v) is 5.77.